The molecule has 9 heterocycles. The fraction of sp³-hybridized carbons (Fsp3) is 0.625. The van der Waals surface area contributed by atoms with Gasteiger partial charge in [0.05, 0.1) is 89.6 Å². The average Bonchev–Trinajstić information content (AvgIpc) is 1.58. The molecule has 15 aliphatic rings. The Labute approximate surface area is 851 Å². The minimum Gasteiger partial charge on any atom is -0.450 e. The number of cyclic esters (lactones) is 3. The average molecular weight is 2080 g/mol. The van der Waals surface area contributed by atoms with E-state index in [1.165, 1.54) is 14.7 Å². The predicted molar refractivity (Wildman–Crippen MR) is 527 cm³/mol. The highest BCUT2D eigenvalue weighted by molar-refractivity contribution is 7.91. The molecule has 15 atom stereocenters. The van der Waals surface area contributed by atoms with Crippen LogP contribution in [0.15, 0.2) is 92.6 Å². The third-order valence-corrected chi connectivity index (χ3v) is 36.9. The number of alkyl carbamates (subject to hydrolysis) is 3. The van der Waals surface area contributed by atoms with Crippen LogP contribution in [-0.4, -0.2) is 254 Å². The van der Waals surface area contributed by atoms with Gasteiger partial charge in [-0.1, -0.05) is 127 Å². The molecular weight excluding hydrogens is 1950 g/mol. The van der Waals surface area contributed by atoms with Crippen molar-refractivity contribution in [3.63, 3.8) is 0 Å². The smallest absolute Gasteiger partial charge is 0.410 e. The second-order valence-electron chi connectivity index (χ2n) is 43.5. The second-order valence-corrected chi connectivity index (χ2v) is 49.3. The van der Waals surface area contributed by atoms with Gasteiger partial charge in [-0.2, -0.15) is 0 Å². The maximum atomic E-state index is 14.3. The number of carbonyl (C=O) groups is 15. The molecule has 792 valence electrons. The number of unbranched alkanes of at least 4 members (excludes halogenated alkanes) is 1. The number of aryl methyl sites for hydroxylation is 3. The molecule has 3 aromatic carbocycles. The lowest BCUT2D eigenvalue weighted by molar-refractivity contribution is -0.142. The van der Waals surface area contributed by atoms with Crippen LogP contribution in [0.2, 0.25) is 0 Å². The molecular formula is C104H136N12O27S3. The summed E-state index contributed by atoms with van der Waals surface area (Å²) in [7, 11) is -11.6. The summed E-state index contributed by atoms with van der Waals surface area (Å²) >= 11 is 0. The number of nitrogens with one attached hydrogen (secondary N) is 6. The highest BCUT2D eigenvalue weighted by atomic mass is 32.2. The topological polar surface area (TPSA) is 505 Å². The van der Waals surface area contributed by atoms with Gasteiger partial charge in [0.15, 0.2) is 17.3 Å². The van der Waals surface area contributed by atoms with Gasteiger partial charge >= 0.3 is 36.6 Å². The van der Waals surface area contributed by atoms with Gasteiger partial charge in [0.25, 0.3) is 0 Å². The van der Waals surface area contributed by atoms with Crippen LogP contribution in [0.5, 0.6) is 0 Å². The molecule has 3 saturated heterocycles. The first kappa shape index (κ1) is 107. The minimum absolute atomic E-state index is 0.00409. The van der Waals surface area contributed by atoms with E-state index in [-0.39, 0.29) is 103 Å². The molecule has 6 aliphatic carbocycles. The molecule has 6 N–H and O–H groups in total. The van der Waals surface area contributed by atoms with E-state index < -0.39 is 229 Å². The van der Waals surface area contributed by atoms with Crippen LogP contribution in [0.25, 0.3) is 0 Å². The van der Waals surface area contributed by atoms with Crippen LogP contribution in [-0.2, 0) is 160 Å². The van der Waals surface area contributed by atoms with Gasteiger partial charge in [0.2, 0.25) is 65.5 Å². The van der Waals surface area contributed by atoms with Crippen molar-refractivity contribution < 1.29 is 126 Å². The fourth-order valence-electron chi connectivity index (χ4n) is 22.1. The van der Waals surface area contributed by atoms with Crippen molar-refractivity contribution in [3.8, 4) is 0 Å². The van der Waals surface area contributed by atoms with E-state index in [0.29, 0.717) is 110 Å². The third-order valence-electron chi connectivity index (χ3n) is 31.5. The monoisotopic (exact) mass is 2080 g/mol. The first-order chi connectivity index (χ1) is 69.4. The van der Waals surface area contributed by atoms with Crippen LogP contribution in [0.1, 0.15) is 246 Å². The van der Waals surface area contributed by atoms with Gasteiger partial charge in [0, 0.05) is 77.8 Å². The minimum atomic E-state index is -3.86. The maximum Gasteiger partial charge on any atom is 0.410 e. The molecule has 42 heteroatoms. The van der Waals surface area contributed by atoms with E-state index in [2.05, 4.69) is 49.9 Å². The lowest BCUT2D eigenvalue weighted by Crippen LogP contribution is -2.57. The number of hydrogen-bond donors (Lipinski definition) is 6. The first-order valence-corrected chi connectivity index (χ1v) is 56.1. The zero-order valence-corrected chi connectivity index (χ0v) is 86.2. The van der Waals surface area contributed by atoms with E-state index in [1.54, 1.807) is 67.5 Å². The number of fused-ring (bicyclic) bond motifs is 9. The molecule has 0 aromatic heterocycles. The molecule has 12 amide bonds. The number of sulfonamides is 3. The summed E-state index contributed by atoms with van der Waals surface area (Å²) in [6.07, 6.45) is 8.91. The van der Waals surface area contributed by atoms with Gasteiger partial charge in [-0.05, 0) is 201 Å². The summed E-state index contributed by atoms with van der Waals surface area (Å²) in [5.74, 6) is -6.84. The SMILES string of the molecule is C=C[C@@H]1C[C@]1(CC(=O)[C@@H]1C[C@@H]2CN1C(=O)[C@H](C(C)(C)C)NC(=O)OCCCCc1cccc3c1CN(C3)C(=O)O2)C(=O)NS(=O)(=O)C1CC1.C=C[C@@H]1C[C@]1(CC(=O)[C@@H]1C[C@@H]2CN1C(=O)[C@H](C(C)C)NC(=O)OCCCCc1cccc3c1CN(C3)C(=O)O2)C(=O)NS(=O)(=O)C1CC1.C=C[C@@H]1C[C@]1(CC(=O)[C@@H]1C[C@@H]2CN1C(=O)[C@H](CCCC)NC(=O)OCCCCc1cccc3c1CN(C3)C(=O)O2)C(=O)NS(=O)(=O)C1CC1. The fourth-order valence-corrected chi connectivity index (χ4v) is 26.2. The number of allylic oxidation sites excluding steroid dienone is 3. The molecule has 0 radical (unpaired) electrons. The largest absolute Gasteiger partial charge is 0.450 e. The Morgan fingerprint density at radius 1 is 0.438 bits per heavy atom. The summed E-state index contributed by atoms with van der Waals surface area (Å²) in [6.45, 7) is 24.6. The molecule has 39 nitrogen and oxygen atoms in total. The Morgan fingerprint density at radius 2 is 0.753 bits per heavy atom. The van der Waals surface area contributed by atoms with Crippen LogP contribution in [0, 0.1) is 45.3 Å². The van der Waals surface area contributed by atoms with Crippen molar-refractivity contribution in [1.82, 2.24) is 59.5 Å². The van der Waals surface area contributed by atoms with Crippen molar-refractivity contribution in [2.75, 3.05) is 39.5 Å². The van der Waals surface area contributed by atoms with E-state index in [1.807, 2.05) is 61.5 Å². The predicted octanol–water partition coefficient (Wildman–Crippen LogP) is 9.79. The third kappa shape index (κ3) is 23.9. The Bertz CT molecular complexity index is 6050. The Balaban J connectivity index is 0.000000157. The normalized spacial score (nSPS) is 29.2. The van der Waals surface area contributed by atoms with Crippen molar-refractivity contribution in [2.24, 2.45) is 45.3 Å². The van der Waals surface area contributed by atoms with Gasteiger partial charge in [-0.25, -0.2) is 54.0 Å². The highest BCUT2D eigenvalue weighted by Gasteiger charge is 2.65. The van der Waals surface area contributed by atoms with E-state index >= 15 is 0 Å². The number of rotatable bonds is 25. The zero-order valence-electron chi connectivity index (χ0n) is 83.8. The van der Waals surface area contributed by atoms with Crippen molar-refractivity contribution >= 4 is 119 Å². The van der Waals surface area contributed by atoms with Gasteiger partial charge in [-0.15, -0.1) is 19.7 Å². The van der Waals surface area contributed by atoms with Gasteiger partial charge in [0.1, 0.15) is 36.4 Å². The number of amides is 12. The number of ketones is 3. The van der Waals surface area contributed by atoms with E-state index in [0.717, 1.165) is 95.0 Å². The quantitative estimate of drug-likeness (QED) is 0.0339. The number of ether oxygens (including phenoxy) is 6. The number of benzene rings is 3. The maximum absolute atomic E-state index is 14.3. The molecule has 3 aromatic rings. The Morgan fingerprint density at radius 3 is 1.06 bits per heavy atom. The summed E-state index contributed by atoms with van der Waals surface area (Å²) in [5.41, 5.74) is 4.94. The van der Waals surface area contributed by atoms with Crippen molar-refractivity contribution in [3.05, 3.63) is 143 Å². The first-order valence-electron chi connectivity index (χ1n) is 51.4. The van der Waals surface area contributed by atoms with Gasteiger partial charge in [-0.3, -0.25) is 72.0 Å². The van der Waals surface area contributed by atoms with Gasteiger partial charge < -0.3 is 59.1 Å². The van der Waals surface area contributed by atoms with Crippen LogP contribution < -0.4 is 30.1 Å². The molecule has 0 unspecified atom stereocenters. The zero-order chi connectivity index (χ0) is 105. The lowest BCUT2D eigenvalue weighted by atomic mass is 9.85. The van der Waals surface area contributed by atoms with Crippen molar-refractivity contribution in [1.29, 1.82) is 0 Å². The number of nitrogens with zero attached hydrogens (tertiary/aromatic N) is 6. The summed E-state index contributed by atoms with van der Waals surface area (Å²) < 4.78 is 116. The number of hydrogen-bond acceptors (Lipinski definition) is 27. The lowest BCUT2D eigenvalue weighted by Gasteiger charge is -2.35. The van der Waals surface area contributed by atoms with E-state index in [9.17, 15) is 97.2 Å². The molecule has 9 aliphatic heterocycles. The van der Waals surface area contributed by atoms with Crippen LogP contribution in [0.3, 0.4) is 0 Å². The van der Waals surface area contributed by atoms with E-state index in [4.69, 9.17) is 28.4 Å². The molecule has 18 rings (SSSR count). The summed E-state index contributed by atoms with van der Waals surface area (Å²) in [6, 6.07) is 11.6. The molecule has 6 saturated carbocycles. The Hall–Kier alpha value is -11.8. The standard InChI is InChI=1S/2C35H46N4O9S.C34H44N4O9S/c1-5-23-16-35(23,31(42)37-49(45,46)25-12-13-25)17-28(40)27-15-24-19-39(27)30(41)29(34(2,3)4)36-32(43)47-14-7-6-9-21-10-8-11-22-18-38(20-26(21)22)33(44)48-24;1-3-5-12-28-31(41)39-20-25(16-29(39)30(40)18-35(17-24(35)4-2)32(42)37-49(45,46)26-13-14-26)48-34(44)38-19-23-11-8-10-22(27(23)21-38)9-6-7-15-47-33(43)36-28;1-4-23-15-34(23,31(41)36-48(44,45)25-11-12-25)16-28(39)27-14-24-18-38(27)30(40)29(20(2)3)35-32(42)46-13-6-5-8-21-9-7-10-22-17-37(19-26(21)22)33(43)47-24/h5,8,10-11,23-25,27,29H,1,6-7,9,12-20H2,2-4H3,(H,36,43)(H,37,42);4,8,10-11,24-26,28-29H,2-3,5-7,9,12-21H2,1H3,(H,36,43)(H,37,42);4,7,9-10,20,23-25,27,29H,1,5-6,8,11-19H2,2-3H3,(H,35,42)(H,36,41)/t23-,24-,27+,29-,35-;24-,25-,28+,29+,35-;23-,24-,27+,29+,34-/m111/s1. The molecule has 0 spiro atoms. The summed E-state index contributed by atoms with van der Waals surface area (Å²) in [4.78, 5) is 213. The second kappa shape index (κ2) is 43.5. The molecule has 12 bridgehead atoms. The molecule has 146 heavy (non-hydrogen) atoms. The number of Topliss-reactive ketones (excluding diaryl/α,β-unsaturated/α-hetero) is 3. The van der Waals surface area contributed by atoms with Crippen LogP contribution in [0.4, 0.5) is 28.8 Å². The number of carbonyl (C=O) groups excluding carboxylic acids is 15. The summed E-state index contributed by atoms with van der Waals surface area (Å²) in [5, 5.41) is 6.22. The Kier molecular flexibility index (Phi) is 31.9. The van der Waals surface area contributed by atoms with Crippen LogP contribution >= 0.6 is 0 Å². The molecule has 9 fully saturated rings. The highest BCUT2D eigenvalue weighted by Crippen LogP contribution is 2.60. The van der Waals surface area contributed by atoms with Crippen molar-refractivity contribution in [2.45, 2.75) is 324 Å².